The quantitative estimate of drug-likeness (QED) is 0.723. The fourth-order valence-corrected chi connectivity index (χ4v) is 1.34. The van der Waals surface area contributed by atoms with Gasteiger partial charge in [0.15, 0.2) is 0 Å². The number of nitrogens with two attached hydrogens (primary N) is 1. The van der Waals surface area contributed by atoms with Crippen LogP contribution in [0.5, 0.6) is 5.75 Å². The maximum absolute atomic E-state index is 11.2. The van der Waals surface area contributed by atoms with Gasteiger partial charge in [-0.05, 0) is 25.6 Å². The molecule has 0 saturated carbocycles. The van der Waals surface area contributed by atoms with E-state index in [4.69, 9.17) is 10.5 Å². The molecule has 0 saturated heterocycles. The lowest BCUT2D eigenvalue weighted by Crippen LogP contribution is -2.24. The van der Waals surface area contributed by atoms with Gasteiger partial charge in [-0.3, -0.25) is 9.78 Å². The molecule has 0 aliphatic carbocycles. The van der Waals surface area contributed by atoms with Gasteiger partial charge >= 0.3 is 0 Å². The average Bonchev–Trinajstić information content (AvgIpc) is 2.32. The summed E-state index contributed by atoms with van der Waals surface area (Å²) in [6, 6.07) is 3.73. The van der Waals surface area contributed by atoms with Gasteiger partial charge in [-0.2, -0.15) is 0 Å². The van der Waals surface area contributed by atoms with Crippen molar-refractivity contribution in [1.29, 1.82) is 0 Å². The Balaban J connectivity index is 2.29. The summed E-state index contributed by atoms with van der Waals surface area (Å²) in [5.74, 6) is 0.676. The molecule has 0 radical (unpaired) electrons. The Kier molecular flexibility index (Phi) is 6.03. The topological polar surface area (TPSA) is 77.2 Å². The first-order valence-electron chi connectivity index (χ1n) is 5.80. The monoisotopic (exact) mass is 237 g/mol. The summed E-state index contributed by atoms with van der Waals surface area (Å²) in [7, 11) is 0. The van der Waals surface area contributed by atoms with Crippen LogP contribution in [-0.2, 0) is 11.2 Å². The number of rotatable bonds is 7. The first-order chi connectivity index (χ1) is 8.26. The first-order valence-corrected chi connectivity index (χ1v) is 5.80. The molecule has 0 spiro atoms. The summed E-state index contributed by atoms with van der Waals surface area (Å²) in [5.41, 5.74) is 6.37. The minimum absolute atomic E-state index is 0.000195. The maximum atomic E-state index is 11.2. The molecule has 0 fully saturated rings. The van der Waals surface area contributed by atoms with Crippen LogP contribution in [0.15, 0.2) is 18.3 Å². The lowest BCUT2D eigenvalue weighted by Gasteiger charge is -2.06. The highest BCUT2D eigenvalue weighted by molar-refractivity contribution is 5.75. The number of aromatic nitrogens is 1. The van der Waals surface area contributed by atoms with Gasteiger partial charge in [-0.1, -0.05) is 0 Å². The highest BCUT2D eigenvalue weighted by Gasteiger charge is 2.00. The standard InChI is InChI=1S/C12H19N3O2/c1-2-14-12(16)6-8-17-11-4-3-10(5-7-13)15-9-11/h3-4,9H,2,5-8,13H2,1H3,(H,14,16). The summed E-state index contributed by atoms with van der Waals surface area (Å²) in [5, 5.41) is 2.71. The molecule has 1 aromatic heterocycles. The van der Waals surface area contributed by atoms with Crippen LogP contribution in [0.3, 0.4) is 0 Å². The molecule has 1 aromatic rings. The summed E-state index contributed by atoms with van der Waals surface area (Å²) in [6.07, 6.45) is 2.78. The Hall–Kier alpha value is -1.62. The molecule has 17 heavy (non-hydrogen) atoms. The third kappa shape index (κ3) is 5.31. The molecule has 5 nitrogen and oxygen atoms in total. The van der Waals surface area contributed by atoms with E-state index in [1.807, 2.05) is 19.1 Å². The third-order valence-electron chi connectivity index (χ3n) is 2.17. The van der Waals surface area contributed by atoms with Crippen LogP contribution >= 0.6 is 0 Å². The number of carbonyl (C=O) groups is 1. The van der Waals surface area contributed by atoms with Gasteiger partial charge in [0.2, 0.25) is 5.91 Å². The average molecular weight is 237 g/mol. The molecule has 3 N–H and O–H groups in total. The second-order valence-electron chi connectivity index (χ2n) is 3.58. The minimum Gasteiger partial charge on any atom is -0.491 e. The van der Waals surface area contributed by atoms with E-state index in [0.29, 0.717) is 31.9 Å². The van der Waals surface area contributed by atoms with Gasteiger partial charge in [0, 0.05) is 18.7 Å². The molecule has 0 bridgehead atoms. The fourth-order valence-electron chi connectivity index (χ4n) is 1.34. The largest absolute Gasteiger partial charge is 0.491 e. The van der Waals surface area contributed by atoms with E-state index in [1.165, 1.54) is 0 Å². The highest BCUT2D eigenvalue weighted by Crippen LogP contribution is 2.09. The van der Waals surface area contributed by atoms with Crippen molar-refractivity contribution in [3.05, 3.63) is 24.0 Å². The lowest BCUT2D eigenvalue weighted by atomic mass is 10.3. The van der Waals surface area contributed by atoms with E-state index in [9.17, 15) is 4.79 Å². The Bertz CT molecular complexity index is 338. The number of amides is 1. The predicted molar refractivity (Wildman–Crippen MR) is 65.8 cm³/mol. The summed E-state index contributed by atoms with van der Waals surface area (Å²) < 4.78 is 5.40. The Morgan fingerprint density at radius 1 is 1.53 bits per heavy atom. The molecule has 1 amide bonds. The molecule has 5 heteroatoms. The fraction of sp³-hybridized carbons (Fsp3) is 0.500. The number of hydrogen-bond donors (Lipinski definition) is 2. The van der Waals surface area contributed by atoms with Gasteiger partial charge in [-0.15, -0.1) is 0 Å². The zero-order valence-corrected chi connectivity index (χ0v) is 10.1. The van der Waals surface area contributed by atoms with Crippen LogP contribution in [0, 0.1) is 0 Å². The summed E-state index contributed by atoms with van der Waals surface area (Å²) >= 11 is 0. The zero-order valence-electron chi connectivity index (χ0n) is 10.1. The number of carbonyl (C=O) groups excluding carboxylic acids is 1. The number of nitrogens with one attached hydrogen (secondary N) is 1. The van der Waals surface area contributed by atoms with E-state index in [2.05, 4.69) is 10.3 Å². The van der Waals surface area contributed by atoms with Gasteiger partial charge < -0.3 is 15.8 Å². The van der Waals surface area contributed by atoms with Gasteiger partial charge in [0.25, 0.3) is 0 Å². The van der Waals surface area contributed by atoms with E-state index in [-0.39, 0.29) is 5.91 Å². The van der Waals surface area contributed by atoms with Crippen molar-refractivity contribution in [2.24, 2.45) is 5.73 Å². The second kappa shape index (κ2) is 7.62. The van der Waals surface area contributed by atoms with Crippen LogP contribution in [0.2, 0.25) is 0 Å². The van der Waals surface area contributed by atoms with Crippen molar-refractivity contribution in [2.75, 3.05) is 19.7 Å². The van der Waals surface area contributed by atoms with Gasteiger partial charge in [0.1, 0.15) is 5.75 Å². The second-order valence-corrected chi connectivity index (χ2v) is 3.58. The van der Waals surface area contributed by atoms with E-state index >= 15 is 0 Å². The van der Waals surface area contributed by atoms with Crippen LogP contribution in [0.1, 0.15) is 19.0 Å². The van der Waals surface area contributed by atoms with Gasteiger partial charge in [0.05, 0.1) is 19.2 Å². The molecule has 1 heterocycles. The van der Waals surface area contributed by atoms with E-state index < -0.39 is 0 Å². The van der Waals surface area contributed by atoms with Crippen molar-refractivity contribution < 1.29 is 9.53 Å². The number of pyridine rings is 1. The number of hydrogen-bond acceptors (Lipinski definition) is 4. The smallest absolute Gasteiger partial charge is 0.223 e. The molecule has 0 aliphatic rings. The Morgan fingerprint density at radius 2 is 2.35 bits per heavy atom. The predicted octanol–water partition coefficient (Wildman–Crippen LogP) is 0.488. The van der Waals surface area contributed by atoms with Crippen LogP contribution in [-0.4, -0.2) is 30.6 Å². The number of ether oxygens (including phenoxy) is 1. The van der Waals surface area contributed by atoms with Crippen LogP contribution in [0.4, 0.5) is 0 Å². The molecule has 1 rings (SSSR count). The van der Waals surface area contributed by atoms with Crippen molar-refractivity contribution in [3.8, 4) is 5.75 Å². The first kappa shape index (κ1) is 13.4. The summed E-state index contributed by atoms with van der Waals surface area (Å²) in [4.78, 5) is 15.3. The van der Waals surface area contributed by atoms with E-state index in [0.717, 1.165) is 12.1 Å². The zero-order chi connectivity index (χ0) is 12.5. The summed E-state index contributed by atoms with van der Waals surface area (Å²) in [6.45, 7) is 3.49. The molecule has 94 valence electrons. The van der Waals surface area contributed by atoms with Crippen molar-refractivity contribution >= 4 is 5.91 Å². The van der Waals surface area contributed by atoms with Crippen molar-refractivity contribution in [2.45, 2.75) is 19.8 Å². The third-order valence-corrected chi connectivity index (χ3v) is 2.17. The molecule has 0 aromatic carbocycles. The maximum Gasteiger partial charge on any atom is 0.223 e. The Labute approximate surface area is 101 Å². The Morgan fingerprint density at radius 3 is 2.94 bits per heavy atom. The SMILES string of the molecule is CCNC(=O)CCOc1ccc(CCN)nc1. The molecular weight excluding hydrogens is 218 g/mol. The van der Waals surface area contributed by atoms with Crippen LogP contribution in [0.25, 0.3) is 0 Å². The molecule has 0 unspecified atom stereocenters. The minimum atomic E-state index is 0.000195. The van der Waals surface area contributed by atoms with Gasteiger partial charge in [-0.25, -0.2) is 0 Å². The van der Waals surface area contributed by atoms with Crippen molar-refractivity contribution in [1.82, 2.24) is 10.3 Å². The van der Waals surface area contributed by atoms with E-state index in [1.54, 1.807) is 6.20 Å². The van der Waals surface area contributed by atoms with Crippen LogP contribution < -0.4 is 15.8 Å². The molecular formula is C12H19N3O2. The lowest BCUT2D eigenvalue weighted by molar-refractivity contribution is -0.121. The number of nitrogens with zero attached hydrogens (tertiary/aromatic N) is 1. The highest BCUT2D eigenvalue weighted by atomic mass is 16.5. The molecule has 0 atom stereocenters. The normalized spacial score (nSPS) is 10.0. The molecule has 0 aliphatic heterocycles. The van der Waals surface area contributed by atoms with Crippen molar-refractivity contribution in [3.63, 3.8) is 0 Å².